The molecule has 0 aliphatic rings. The molecule has 0 heterocycles. The molecule has 0 bridgehead atoms. The lowest BCUT2D eigenvalue weighted by Gasteiger charge is -2.16. The van der Waals surface area contributed by atoms with Crippen molar-refractivity contribution in [3.8, 4) is 0 Å². The van der Waals surface area contributed by atoms with Crippen LogP contribution in [0.1, 0.15) is 18.1 Å². The summed E-state index contributed by atoms with van der Waals surface area (Å²) in [5, 5.41) is 5.30. The maximum absolute atomic E-state index is 12.3. The van der Waals surface area contributed by atoms with Gasteiger partial charge < -0.3 is 0 Å². The molecular weight excluding hydrogens is 410 g/mol. The van der Waals surface area contributed by atoms with Crippen molar-refractivity contribution in [3.63, 3.8) is 0 Å². The van der Waals surface area contributed by atoms with Gasteiger partial charge in [-0.3, -0.25) is 5.14 Å². The maximum atomic E-state index is 12.3. The van der Waals surface area contributed by atoms with Crippen LogP contribution >= 0.6 is 21.8 Å². The van der Waals surface area contributed by atoms with Gasteiger partial charge in [-0.15, -0.1) is 0 Å². The van der Waals surface area contributed by atoms with Crippen molar-refractivity contribution >= 4 is 39.5 Å². The maximum Gasteiger partial charge on any atom is 0.244 e. The molecule has 0 aromatic heterocycles. The van der Waals surface area contributed by atoms with Gasteiger partial charge in [0.2, 0.25) is 17.7 Å². The Labute approximate surface area is 162 Å². The predicted octanol–water partition coefficient (Wildman–Crippen LogP) is 3.46. The molecule has 0 saturated heterocycles. The van der Waals surface area contributed by atoms with Gasteiger partial charge in [-0.1, -0.05) is 43.3 Å². The molecule has 1 unspecified atom stereocenters. The zero-order valence-corrected chi connectivity index (χ0v) is 17.7. The Morgan fingerprint density at radius 1 is 0.846 bits per heavy atom. The molecule has 2 rings (SSSR count). The van der Waals surface area contributed by atoms with Crippen LogP contribution in [-0.2, 0) is 30.6 Å². The van der Waals surface area contributed by atoms with E-state index in [1.54, 1.807) is 48.7 Å². The molecule has 142 valence electrons. The number of nitrogens with two attached hydrogens (primary N) is 1. The first-order valence-corrected chi connectivity index (χ1v) is 13.9. The Bertz CT molecular complexity index is 892. The lowest BCUT2D eigenvalue weighted by Crippen LogP contribution is -2.10. The molecule has 1 atom stereocenters. The molecule has 0 aliphatic carbocycles. The fourth-order valence-corrected chi connectivity index (χ4v) is 6.34. The average Bonchev–Trinajstić information content (AvgIpc) is 2.62. The minimum atomic E-state index is -3.59. The third-order valence-corrected chi connectivity index (χ3v) is 9.69. The van der Waals surface area contributed by atoms with E-state index in [9.17, 15) is 16.8 Å². The van der Waals surface area contributed by atoms with Crippen molar-refractivity contribution in [1.82, 2.24) is 0 Å². The molecule has 0 fully saturated rings. The summed E-state index contributed by atoms with van der Waals surface area (Å²) in [6, 6.07) is 13.7. The summed E-state index contributed by atoms with van der Waals surface area (Å²) in [7, 11) is -5.83. The van der Waals surface area contributed by atoms with E-state index in [-0.39, 0.29) is 10.8 Å². The monoisotopic (exact) mass is 431 g/mol. The van der Waals surface area contributed by atoms with Crippen LogP contribution in [0.5, 0.6) is 0 Å². The molecule has 0 amide bonds. The van der Waals surface area contributed by atoms with Crippen LogP contribution in [0.3, 0.4) is 0 Å². The normalized spacial score (nSPS) is 13.5. The molecule has 0 aliphatic heterocycles. The lowest BCUT2D eigenvalue weighted by atomic mass is 9.94. The van der Waals surface area contributed by atoms with E-state index in [1.165, 1.54) is 0 Å². The summed E-state index contributed by atoms with van der Waals surface area (Å²) < 4.78 is 48.8. The predicted molar refractivity (Wildman–Crippen MR) is 109 cm³/mol. The highest BCUT2D eigenvalue weighted by molar-refractivity contribution is 8.71. The lowest BCUT2D eigenvalue weighted by molar-refractivity contribution is 0.561. The van der Waals surface area contributed by atoms with Crippen LogP contribution < -0.4 is 5.14 Å². The molecule has 2 aromatic rings. The highest BCUT2D eigenvalue weighted by Crippen LogP contribution is 2.29. The van der Waals surface area contributed by atoms with Gasteiger partial charge in [0.15, 0.2) is 0 Å². The van der Waals surface area contributed by atoms with Gasteiger partial charge in [0, 0.05) is 0 Å². The highest BCUT2D eigenvalue weighted by atomic mass is 33.1. The van der Waals surface area contributed by atoms with Crippen molar-refractivity contribution in [2.45, 2.75) is 29.6 Å². The molecule has 5 nitrogen and oxygen atoms in total. The van der Waals surface area contributed by atoms with Gasteiger partial charge >= 0.3 is 0 Å². The van der Waals surface area contributed by atoms with Gasteiger partial charge in [0.25, 0.3) is 0 Å². The first kappa shape index (κ1) is 21.3. The van der Waals surface area contributed by atoms with Crippen LogP contribution in [0, 0.1) is 5.92 Å². The summed E-state index contributed by atoms with van der Waals surface area (Å²) in [6.07, 6.45) is 2.57. The second-order valence-corrected chi connectivity index (χ2v) is 13.3. The number of hydrogen-bond acceptors (Lipinski definition) is 7. The Kier molecular flexibility index (Phi) is 7.20. The minimum absolute atomic E-state index is 0.0485. The fourth-order valence-electron chi connectivity index (χ4n) is 2.80. The second-order valence-electron chi connectivity index (χ2n) is 5.90. The zero-order chi connectivity index (χ0) is 19.4. The largest absolute Gasteiger partial charge is 0.264 e. The SMILES string of the molecule is CSS(=O)(=O)c1ccccc1CC(C)Cc1ccccc1S(=O)(=O)SN. The van der Waals surface area contributed by atoms with Gasteiger partial charge in [-0.05, 0) is 59.1 Å². The quantitative estimate of drug-likeness (QED) is 0.505. The fraction of sp³-hybridized carbons (Fsp3) is 0.294. The van der Waals surface area contributed by atoms with Crippen molar-refractivity contribution in [3.05, 3.63) is 59.7 Å². The molecule has 0 spiro atoms. The van der Waals surface area contributed by atoms with Gasteiger partial charge in [0.1, 0.15) is 0 Å². The second kappa shape index (κ2) is 8.79. The van der Waals surface area contributed by atoms with Crippen LogP contribution in [-0.4, -0.2) is 23.1 Å². The van der Waals surface area contributed by atoms with E-state index in [0.717, 1.165) is 16.4 Å². The highest BCUT2D eigenvalue weighted by Gasteiger charge is 2.21. The molecule has 0 saturated carbocycles. The molecule has 0 radical (unpaired) electrons. The van der Waals surface area contributed by atoms with E-state index in [2.05, 4.69) is 0 Å². The number of hydrogen-bond donors (Lipinski definition) is 1. The van der Waals surface area contributed by atoms with Gasteiger partial charge in [-0.2, -0.15) is 0 Å². The standard InChI is InChI=1S/C17H21NO4S4/c1-13(11-14-7-3-5-9-16(14)25(19,20)23-2)12-15-8-4-6-10-17(15)26(21,22)24-18/h3-10,13H,11-12,18H2,1-2H3. The Hall–Kier alpha value is -1.000. The van der Waals surface area contributed by atoms with Crippen molar-refractivity contribution in [2.75, 3.05) is 6.26 Å². The van der Waals surface area contributed by atoms with E-state index < -0.39 is 17.7 Å². The van der Waals surface area contributed by atoms with E-state index in [4.69, 9.17) is 5.14 Å². The van der Waals surface area contributed by atoms with Crippen LogP contribution in [0.2, 0.25) is 0 Å². The Morgan fingerprint density at radius 3 is 1.69 bits per heavy atom. The van der Waals surface area contributed by atoms with E-state index >= 15 is 0 Å². The summed E-state index contributed by atoms with van der Waals surface area (Å²) in [5.41, 5.74) is 1.42. The zero-order valence-electron chi connectivity index (χ0n) is 14.5. The Balaban J connectivity index is 2.29. The van der Waals surface area contributed by atoms with Crippen LogP contribution in [0.25, 0.3) is 0 Å². The summed E-state index contributed by atoms with van der Waals surface area (Å²) >= 11 is 0. The number of rotatable bonds is 8. The summed E-state index contributed by atoms with van der Waals surface area (Å²) in [6.45, 7) is 1.97. The number of benzene rings is 2. The minimum Gasteiger partial charge on any atom is -0.264 e. The van der Waals surface area contributed by atoms with E-state index in [1.807, 2.05) is 13.0 Å². The first-order valence-electron chi connectivity index (χ1n) is 7.81. The van der Waals surface area contributed by atoms with Crippen LogP contribution in [0.4, 0.5) is 0 Å². The molecular formula is C17H21NO4S4. The Morgan fingerprint density at radius 2 is 1.27 bits per heavy atom. The molecule has 9 heteroatoms. The third kappa shape index (κ3) is 5.04. The first-order chi connectivity index (χ1) is 12.2. The molecule has 2 aromatic carbocycles. The molecule has 2 N–H and O–H groups in total. The smallest absolute Gasteiger partial charge is 0.244 e. The summed E-state index contributed by atoms with van der Waals surface area (Å²) in [4.78, 5) is 0.530. The third-order valence-electron chi connectivity index (χ3n) is 3.97. The average molecular weight is 432 g/mol. The van der Waals surface area contributed by atoms with Crippen molar-refractivity contribution in [1.29, 1.82) is 0 Å². The van der Waals surface area contributed by atoms with Crippen molar-refractivity contribution < 1.29 is 16.8 Å². The van der Waals surface area contributed by atoms with Gasteiger partial charge in [0.05, 0.1) is 20.8 Å². The van der Waals surface area contributed by atoms with Gasteiger partial charge in [-0.25, -0.2) is 16.8 Å². The van der Waals surface area contributed by atoms with Crippen molar-refractivity contribution in [2.24, 2.45) is 11.1 Å². The summed E-state index contributed by atoms with van der Waals surface area (Å²) in [5.74, 6) is 0.0485. The molecule has 26 heavy (non-hydrogen) atoms. The topological polar surface area (TPSA) is 94.3 Å². The van der Waals surface area contributed by atoms with Crippen LogP contribution in [0.15, 0.2) is 58.3 Å². The van der Waals surface area contributed by atoms with E-state index in [0.29, 0.717) is 34.3 Å².